The van der Waals surface area contributed by atoms with E-state index >= 15 is 0 Å². The number of hydrogen-bond acceptors (Lipinski definition) is 2. The van der Waals surface area contributed by atoms with Crippen molar-refractivity contribution in [3.8, 4) is 28.5 Å². The third kappa shape index (κ3) is 2.99. The molecule has 0 atom stereocenters. The molecule has 119 valence electrons. The van der Waals surface area contributed by atoms with Crippen LogP contribution < -0.4 is 5.56 Å². The number of rotatable bonds is 3. The Kier molecular flexibility index (Phi) is 4.17. The fraction of sp³-hybridized carbons (Fsp3) is 0. The van der Waals surface area contributed by atoms with Crippen molar-refractivity contribution in [1.82, 2.24) is 12.8 Å². The van der Waals surface area contributed by atoms with Crippen LogP contribution in [-0.4, -0.2) is 31.7 Å². The summed E-state index contributed by atoms with van der Waals surface area (Å²) >= 11 is 0.730. The Bertz CT molecular complexity index is 1010. The van der Waals surface area contributed by atoms with E-state index in [0.29, 0.717) is 0 Å². The average molecular weight is 383 g/mol. The third-order valence-electron chi connectivity index (χ3n) is 4.08. The maximum absolute atomic E-state index is 12.0. The van der Waals surface area contributed by atoms with Crippen molar-refractivity contribution in [2.75, 3.05) is 0 Å². The first-order chi connectivity index (χ1) is 12.2. The van der Waals surface area contributed by atoms with E-state index < -0.39 is 0 Å². The van der Waals surface area contributed by atoms with E-state index in [4.69, 9.17) is 4.98 Å². The van der Waals surface area contributed by atoms with Crippen LogP contribution in [-0.2, 0) is 0 Å². The molecule has 4 nitrogen and oxygen atoms in total. The minimum absolute atomic E-state index is 0.00743. The van der Waals surface area contributed by atoms with Crippen molar-refractivity contribution in [2.24, 2.45) is 0 Å². The molecule has 1 radical (unpaired) electrons. The predicted molar refractivity (Wildman–Crippen MR) is 101 cm³/mol. The summed E-state index contributed by atoms with van der Waals surface area (Å²) in [5.41, 5.74) is 3.73. The zero-order valence-electron chi connectivity index (χ0n) is 13.5. The van der Waals surface area contributed by atoms with Gasteiger partial charge in [-0.05, 0) is 0 Å². The van der Waals surface area contributed by atoms with Crippen molar-refractivity contribution in [2.45, 2.75) is 0 Å². The maximum atomic E-state index is 12.0. The molecule has 2 heterocycles. The van der Waals surface area contributed by atoms with Gasteiger partial charge in [-0.25, -0.2) is 0 Å². The molecule has 0 amide bonds. The van der Waals surface area contributed by atoms with Gasteiger partial charge < -0.3 is 0 Å². The van der Waals surface area contributed by atoms with Gasteiger partial charge in [0.05, 0.1) is 0 Å². The summed E-state index contributed by atoms with van der Waals surface area (Å²) in [5.74, 6) is 0.859. The van der Waals surface area contributed by atoms with E-state index in [1.165, 1.54) is 0 Å². The molecule has 0 unspecified atom stereocenters. The Balaban J connectivity index is 1.96. The van der Waals surface area contributed by atoms with E-state index in [1.54, 1.807) is 15.4 Å². The average Bonchev–Trinajstić information content (AvgIpc) is 3.10. The Morgan fingerprint density at radius 1 is 0.800 bits per heavy atom. The van der Waals surface area contributed by atoms with E-state index in [-0.39, 0.29) is 5.56 Å². The molecule has 0 aliphatic heterocycles. The molecule has 5 heteroatoms. The standard InChI is InChI=1S/C20H15N3O.Ga.H/c24-19-13-7-12-17(21-19)18-14-23(16-10-5-2-6-11-16)20(22-18)15-8-3-1-4-9-15;;/h1-14H,(H,21,24);;/q;+1;/p-1. The fourth-order valence-electron chi connectivity index (χ4n) is 2.82. The first-order valence-electron chi connectivity index (χ1n) is 7.97. The van der Waals surface area contributed by atoms with Gasteiger partial charge in [-0.1, -0.05) is 0 Å². The summed E-state index contributed by atoms with van der Waals surface area (Å²) in [5, 5.41) is 0. The minimum atomic E-state index is 0.00743. The van der Waals surface area contributed by atoms with Gasteiger partial charge in [0, 0.05) is 0 Å². The summed E-state index contributed by atoms with van der Waals surface area (Å²) < 4.78 is 3.81. The van der Waals surface area contributed by atoms with Gasteiger partial charge >= 0.3 is 156 Å². The van der Waals surface area contributed by atoms with Gasteiger partial charge in [-0.15, -0.1) is 0 Å². The van der Waals surface area contributed by atoms with Gasteiger partial charge in [-0.3, -0.25) is 0 Å². The number of aromatic nitrogens is 3. The molecule has 0 fully saturated rings. The van der Waals surface area contributed by atoms with Crippen molar-refractivity contribution >= 4 is 18.8 Å². The van der Waals surface area contributed by atoms with E-state index in [9.17, 15) is 4.79 Å². The number of hydrogen-bond donors (Lipinski definition) is 0. The van der Waals surface area contributed by atoms with Crippen LogP contribution in [0.3, 0.4) is 0 Å². The fourth-order valence-corrected chi connectivity index (χ4v) is 3.61. The second-order valence-electron chi connectivity index (χ2n) is 5.70. The molecular weight excluding hydrogens is 368 g/mol. The zero-order chi connectivity index (χ0) is 17.2. The van der Waals surface area contributed by atoms with Crippen LogP contribution in [0.4, 0.5) is 0 Å². The topological polar surface area (TPSA) is 39.8 Å². The molecule has 0 saturated carbocycles. The van der Waals surface area contributed by atoms with Crippen LogP contribution in [0.15, 0.2) is 89.9 Å². The summed E-state index contributed by atoms with van der Waals surface area (Å²) in [6.45, 7) is 0. The van der Waals surface area contributed by atoms with Crippen LogP contribution in [0.2, 0.25) is 0 Å². The van der Waals surface area contributed by atoms with Crippen LogP contribution in [0, 0.1) is 0 Å². The molecule has 0 spiro atoms. The van der Waals surface area contributed by atoms with Crippen LogP contribution in [0.25, 0.3) is 28.5 Å². The number of imidazole rings is 1. The quantitative estimate of drug-likeness (QED) is 0.511. The van der Waals surface area contributed by atoms with Gasteiger partial charge in [0.1, 0.15) is 0 Å². The normalized spacial score (nSPS) is 10.7. The van der Waals surface area contributed by atoms with Gasteiger partial charge in [0.25, 0.3) is 0 Å². The predicted octanol–water partition coefficient (Wildman–Crippen LogP) is 3.03. The second kappa shape index (κ2) is 6.62. The molecule has 0 N–H and O–H groups in total. The zero-order valence-corrected chi connectivity index (χ0v) is 16.5. The molecule has 0 aliphatic rings. The van der Waals surface area contributed by atoms with Crippen LogP contribution in [0.1, 0.15) is 0 Å². The first kappa shape index (κ1) is 15.7. The Morgan fingerprint density at radius 3 is 2.20 bits per heavy atom. The molecular formula is C20H15GaN3O. The molecule has 2 aromatic carbocycles. The first-order valence-corrected chi connectivity index (χ1v) is 9.30. The second-order valence-corrected chi connectivity index (χ2v) is 7.03. The Labute approximate surface area is 155 Å². The Hall–Kier alpha value is -2.76. The van der Waals surface area contributed by atoms with Crippen molar-refractivity contribution < 1.29 is 0 Å². The molecule has 4 aromatic rings. The van der Waals surface area contributed by atoms with Crippen LogP contribution in [0.5, 0.6) is 0 Å². The van der Waals surface area contributed by atoms with Crippen molar-refractivity contribution in [3.63, 3.8) is 0 Å². The SMILES string of the molecule is O=c1cccc(-c2cn(-c3ccccc3)c(-c3ccccc3)n2)[n]1[GaH]. The molecule has 4 rings (SSSR count). The van der Waals surface area contributed by atoms with E-state index in [0.717, 1.165) is 47.3 Å². The number of benzene rings is 2. The molecule has 0 bridgehead atoms. The van der Waals surface area contributed by atoms with Gasteiger partial charge in [0.2, 0.25) is 0 Å². The summed E-state index contributed by atoms with van der Waals surface area (Å²) in [6.07, 6.45) is 2.00. The van der Waals surface area contributed by atoms with Crippen LogP contribution >= 0.6 is 0 Å². The van der Waals surface area contributed by atoms with E-state index in [2.05, 4.69) is 16.7 Å². The molecule has 2 aromatic heterocycles. The summed E-state index contributed by atoms with van der Waals surface area (Å²) in [6, 6.07) is 25.5. The van der Waals surface area contributed by atoms with Gasteiger partial charge in [-0.2, -0.15) is 0 Å². The van der Waals surface area contributed by atoms with Gasteiger partial charge in [0.15, 0.2) is 0 Å². The molecule has 25 heavy (non-hydrogen) atoms. The third-order valence-corrected chi connectivity index (χ3v) is 5.45. The molecule has 0 saturated heterocycles. The van der Waals surface area contributed by atoms with Crippen molar-refractivity contribution in [1.29, 1.82) is 0 Å². The van der Waals surface area contributed by atoms with Crippen molar-refractivity contribution in [3.05, 3.63) is 95.4 Å². The number of pyridine rings is 1. The number of para-hydroxylation sites is 1. The Morgan fingerprint density at radius 2 is 1.48 bits per heavy atom. The van der Waals surface area contributed by atoms with E-state index in [1.807, 2.05) is 60.8 Å². The number of nitrogens with zero attached hydrogens (tertiary/aromatic N) is 3. The summed E-state index contributed by atoms with van der Waals surface area (Å²) in [7, 11) is 0. The monoisotopic (exact) mass is 382 g/mol. The molecule has 0 aliphatic carbocycles. The summed E-state index contributed by atoms with van der Waals surface area (Å²) in [4.78, 5) is 16.9.